The lowest BCUT2D eigenvalue weighted by atomic mass is 10.2. The molecule has 80 valence electrons. The number of carbonyl (C=O) groups is 1. The van der Waals surface area contributed by atoms with Gasteiger partial charge in [0, 0.05) is 11.8 Å². The first-order valence-corrected chi connectivity index (χ1v) is 5.57. The van der Waals surface area contributed by atoms with Crippen LogP contribution in [0, 0.1) is 6.92 Å². The quantitative estimate of drug-likeness (QED) is 0.822. The SMILES string of the molecule is CC.CC(=O)NC(C)c1cc(C)sn1. The van der Waals surface area contributed by atoms with Crippen molar-refractivity contribution in [3.05, 3.63) is 16.6 Å². The zero-order chi connectivity index (χ0) is 11.1. The van der Waals surface area contributed by atoms with Crippen molar-refractivity contribution in [2.75, 3.05) is 0 Å². The largest absolute Gasteiger partial charge is 0.348 e. The molecule has 1 rings (SSSR count). The van der Waals surface area contributed by atoms with Gasteiger partial charge in [0.1, 0.15) is 0 Å². The number of nitrogens with zero attached hydrogens (tertiary/aromatic N) is 1. The maximum absolute atomic E-state index is 10.7. The van der Waals surface area contributed by atoms with E-state index in [1.165, 1.54) is 23.3 Å². The molecule has 0 saturated carbocycles. The highest BCUT2D eigenvalue weighted by Crippen LogP contribution is 2.15. The number of amides is 1. The van der Waals surface area contributed by atoms with Gasteiger partial charge in [0.25, 0.3) is 0 Å². The topological polar surface area (TPSA) is 42.0 Å². The van der Waals surface area contributed by atoms with E-state index in [0.717, 1.165) is 5.69 Å². The van der Waals surface area contributed by atoms with Crippen LogP contribution in [0.25, 0.3) is 0 Å². The van der Waals surface area contributed by atoms with Gasteiger partial charge in [-0.05, 0) is 31.4 Å². The Morgan fingerprint density at radius 3 is 2.50 bits per heavy atom. The highest BCUT2D eigenvalue weighted by Gasteiger charge is 2.08. The fraction of sp³-hybridized carbons (Fsp3) is 0.600. The van der Waals surface area contributed by atoms with E-state index in [1.807, 2.05) is 33.8 Å². The van der Waals surface area contributed by atoms with E-state index in [4.69, 9.17) is 0 Å². The van der Waals surface area contributed by atoms with Crippen molar-refractivity contribution in [2.24, 2.45) is 0 Å². The van der Waals surface area contributed by atoms with E-state index in [2.05, 4.69) is 9.69 Å². The number of aromatic nitrogens is 1. The lowest BCUT2D eigenvalue weighted by Gasteiger charge is -2.08. The number of nitrogens with one attached hydrogen (secondary N) is 1. The lowest BCUT2D eigenvalue weighted by molar-refractivity contribution is -0.119. The van der Waals surface area contributed by atoms with E-state index >= 15 is 0 Å². The smallest absolute Gasteiger partial charge is 0.217 e. The molecule has 0 aliphatic heterocycles. The summed E-state index contributed by atoms with van der Waals surface area (Å²) in [5, 5.41) is 2.78. The minimum Gasteiger partial charge on any atom is -0.348 e. The molecule has 14 heavy (non-hydrogen) atoms. The van der Waals surface area contributed by atoms with Crippen LogP contribution in [0.2, 0.25) is 0 Å². The van der Waals surface area contributed by atoms with Gasteiger partial charge in [-0.1, -0.05) is 13.8 Å². The Kier molecular flexibility index (Phi) is 6.12. The van der Waals surface area contributed by atoms with Gasteiger partial charge < -0.3 is 5.32 Å². The monoisotopic (exact) mass is 214 g/mol. The predicted molar refractivity (Wildman–Crippen MR) is 60.4 cm³/mol. The molecule has 0 spiro atoms. The second kappa shape index (κ2) is 6.54. The van der Waals surface area contributed by atoms with Crippen molar-refractivity contribution < 1.29 is 4.79 Å². The summed E-state index contributed by atoms with van der Waals surface area (Å²) in [7, 11) is 0. The van der Waals surface area contributed by atoms with Crippen LogP contribution in [0.15, 0.2) is 6.07 Å². The highest BCUT2D eigenvalue weighted by atomic mass is 32.1. The van der Waals surface area contributed by atoms with E-state index in [9.17, 15) is 4.79 Å². The number of rotatable bonds is 2. The van der Waals surface area contributed by atoms with Gasteiger partial charge in [-0.3, -0.25) is 4.79 Å². The molecule has 3 nitrogen and oxygen atoms in total. The van der Waals surface area contributed by atoms with Crippen LogP contribution in [0.3, 0.4) is 0 Å². The van der Waals surface area contributed by atoms with Crippen molar-refractivity contribution in [3.8, 4) is 0 Å². The Hall–Kier alpha value is -0.900. The molecule has 0 bridgehead atoms. The summed E-state index contributed by atoms with van der Waals surface area (Å²) < 4.78 is 4.20. The molecule has 1 atom stereocenters. The van der Waals surface area contributed by atoms with Crippen molar-refractivity contribution in [3.63, 3.8) is 0 Å². The summed E-state index contributed by atoms with van der Waals surface area (Å²) in [6, 6.07) is 2.01. The molecule has 0 saturated heterocycles. The van der Waals surface area contributed by atoms with Crippen molar-refractivity contribution in [2.45, 2.75) is 40.7 Å². The standard InChI is InChI=1S/C8H12N2OS.C2H6/c1-5-4-8(10-12-5)6(2)9-7(3)11;1-2/h4,6H,1-3H3,(H,9,11);1-2H3. The maximum Gasteiger partial charge on any atom is 0.217 e. The van der Waals surface area contributed by atoms with Gasteiger partial charge in [-0.2, -0.15) is 4.37 Å². The third-order valence-electron chi connectivity index (χ3n) is 1.51. The van der Waals surface area contributed by atoms with Crippen molar-refractivity contribution in [1.29, 1.82) is 0 Å². The van der Waals surface area contributed by atoms with Gasteiger partial charge in [0.05, 0.1) is 11.7 Å². The molecule has 0 radical (unpaired) electrons. The minimum absolute atomic E-state index is 0.0202. The van der Waals surface area contributed by atoms with E-state index in [1.54, 1.807) is 0 Å². The van der Waals surface area contributed by atoms with Crippen LogP contribution in [-0.4, -0.2) is 10.3 Å². The van der Waals surface area contributed by atoms with E-state index < -0.39 is 0 Å². The summed E-state index contributed by atoms with van der Waals surface area (Å²) in [5.74, 6) is -0.0202. The second-order valence-electron chi connectivity index (χ2n) is 2.78. The Morgan fingerprint density at radius 2 is 2.14 bits per heavy atom. The van der Waals surface area contributed by atoms with E-state index in [0.29, 0.717) is 0 Å². The molecule has 1 aromatic heterocycles. The Morgan fingerprint density at radius 1 is 1.57 bits per heavy atom. The molecule has 1 amide bonds. The summed E-state index contributed by atoms with van der Waals surface area (Å²) in [6.45, 7) is 9.44. The van der Waals surface area contributed by atoms with Gasteiger partial charge in [-0.15, -0.1) is 0 Å². The minimum atomic E-state index is -0.0202. The summed E-state index contributed by atoms with van der Waals surface area (Å²) in [4.78, 5) is 11.9. The highest BCUT2D eigenvalue weighted by molar-refractivity contribution is 7.05. The molecule has 0 aromatic carbocycles. The zero-order valence-electron chi connectivity index (χ0n) is 9.42. The second-order valence-corrected chi connectivity index (χ2v) is 3.79. The summed E-state index contributed by atoms with van der Waals surface area (Å²) >= 11 is 1.46. The molecule has 1 N–H and O–H groups in total. The average Bonchev–Trinajstić information content (AvgIpc) is 2.54. The normalized spacial score (nSPS) is 11.2. The molecular weight excluding hydrogens is 196 g/mol. The Balaban J connectivity index is 0.000000791. The third kappa shape index (κ3) is 4.37. The van der Waals surface area contributed by atoms with Gasteiger partial charge in [-0.25, -0.2) is 0 Å². The molecule has 1 heterocycles. The van der Waals surface area contributed by atoms with Gasteiger partial charge in [0.15, 0.2) is 0 Å². The Labute approximate surface area is 89.7 Å². The summed E-state index contributed by atoms with van der Waals surface area (Å²) in [6.07, 6.45) is 0. The first-order valence-electron chi connectivity index (χ1n) is 4.80. The molecule has 0 aliphatic rings. The zero-order valence-corrected chi connectivity index (χ0v) is 10.2. The molecule has 1 aromatic rings. The number of aryl methyl sites for hydroxylation is 1. The molecule has 0 fully saturated rings. The van der Waals surface area contributed by atoms with Crippen LogP contribution in [0.5, 0.6) is 0 Å². The van der Waals surface area contributed by atoms with Crippen LogP contribution >= 0.6 is 11.5 Å². The first kappa shape index (κ1) is 13.1. The van der Waals surface area contributed by atoms with Gasteiger partial charge in [0.2, 0.25) is 5.91 Å². The number of hydrogen-bond donors (Lipinski definition) is 1. The molecule has 4 heteroatoms. The predicted octanol–water partition coefficient (Wildman–Crippen LogP) is 2.67. The number of hydrogen-bond acceptors (Lipinski definition) is 3. The molecule has 1 unspecified atom stereocenters. The first-order chi connectivity index (χ1) is 6.59. The van der Waals surface area contributed by atoms with Crippen LogP contribution in [0.1, 0.15) is 44.3 Å². The summed E-state index contributed by atoms with van der Waals surface area (Å²) in [5.41, 5.74) is 0.938. The van der Waals surface area contributed by atoms with Crippen LogP contribution in [-0.2, 0) is 4.79 Å². The molecular formula is C10H18N2OS. The molecule has 0 aliphatic carbocycles. The van der Waals surface area contributed by atoms with E-state index in [-0.39, 0.29) is 11.9 Å². The van der Waals surface area contributed by atoms with Crippen LogP contribution < -0.4 is 5.32 Å². The fourth-order valence-electron chi connectivity index (χ4n) is 0.969. The van der Waals surface area contributed by atoms with Gasteiger partial charge >= 0.3 is 0 Å². The maximum atomic E-state index is 10.7. The third-order valence-corrected chi connectivity index (χ3v) is 2.22. The van der Waals surface area contributed by atoms with Crippen LogP contribution in [0.4, 0.5) is 0 Å². The lowest BCUT2D eigenvalue weighted by Crippen LogP contribution is -2.23. The fourth-order valence-corrected chi connectivity index (χ4v) is 1.60. The van der Waals surface area contributed by atoms with Crippen molar-refractivity contribution >= 4 is 17.4 Å². The van der Waals surface area contributed by atoms with Crippen molar-refractivity contribution in [1.82, 2.24) is 9.69 Å². The average molecular weight is 214 g/mol. The Bertz CT molecular complexity index is 283. The number of carbonyl (C=O) groups excluding carboxylic acids is 1.